The molecule has 0 aromatic rings. The van der Waals surface area contributed by atoms with Gasteiger partial charge in [0.15, 0.2) is 5.78 Å². The standard InChI is InChI=1S/C8H9FO.C2H6/c1-6(10)7-2-4-8(9)5-3-7;1-2/h2,4H,3,5H2,1H3;1-2H3. The summed E-state index contributed by atoms with van der Waals surface area (Å²) < 4.78 is 12.3. The molecule has 0 atom stereocenters. The Morgan fingerprint density at radius 1 is 1.33 bits per heavy atom. The summed E-state index contributed by atoms with van der Waals surface area (Å²) in [6, 6.07) is 0. The van der Waals surface area contributed by atoms with Gasteiger partial charge in [0.25, 0.3) is 0 Å². The van der Waals surface area contributed by atoms with Crippen molar-refractivity contribution >= 4 is 5.78 Å². The fourth-order valence-corrected chi connectivity index (χ4v) is 0.905. The van der Waals surface area contributed by atoms with Crippen LogP contribution in [0, 0.1) is 0 Å². The molecular weight excluding hydrogens is 155 g/mol. The van der Waals surface area contributed by atoms with E-state index in [1.54, 1.807) is 6.08 Å². The Balaban J connectivity index is 0.000000561. The van der Waals surface area contributed by atoms with Crippen LogP contribution in [-0.2, 0) is 4.79 Å². The summed E-state index contributed by atoms with van der Waals surface area (Å²) in [6.07, 6.45) is 3.85. The van der Waals surface area contributed by atoms with E-state index in [2.05, 4.69) is 0 Å². The summed E-state index contributed by atoms with van der Waals surface area (Å²) in [4.78, 5) is 10.7. The Kier molecular flexibility index (Phi) is 5.26. The molecular formula is C10H15FO. The lowest BCUT2D eigenvalue weighted by Crippen LogP contribution is -1.99. The molecule has 0 aromatic carbocycles. The quantitative estimate of drug-likeness (QED) is 0.590. The Labute approximate surface area is 73.0 Å². The highest BCUT2D eigenvalue weighted by molar-refractivity contribution is 5.93. The van der Waals surface area contributed by atoms with Gasteiger partial charge in [-0.1, -0.05) is 19.9 Å². The van der Waals surface area contributed by atoms with Crippen molar-refractivity contribution < 1.29 is 9.18 Å². The zero-order chi connectivity index (χ0) is 9.56. The van der Waals surface area contributed by atoms with E-state index < -0.39 is 0 Å². The highest BCUT2D eigenvalue weighted by atomic mass is 19.1. The summed E-state index contributed by atoms with van der Waals surface area (Å²) in [6.45, 7) is 5.50. The van der Waals surface area contributed by atoms with Crippen molar-refractivity contribution in [3.8, 4) is 0 Å². The number of rotatable bonds is 1. The summed E-state index contributed by atoms with van der Waals surface area (Å²) in [7, 11) is 0. The molecule has 0 aromatic heterocycles. The van der Waals surface area contributed by atoms with Crippen molar-refractivity contribution in [2.24, 2.45) is 0 Å². The Morgan fingerprint density at radius 3 is 2.25 bits per heavy atom. The van der Waals surface area contributed by atoms with Crippen LogP contribution in [0.3, 0.4) is 0 Å². The number of carbonyl (C=O) groups is 1. The molecule has 0 saturated carbocycles. The molecule has 68 valence electrons. The number of carbonyl (C=O) groups excluding carboxylic acids is 1. The Morgan fingerprint density at radius 2 is 1.92 bits per heavy atom. The van der Waals surface area contributed by atoms with Crippen LogP contribution in [0.25, 0.3) is 0 Å². The number of hydrogen-bond acceptors (Lipinski definition) is 1. The van der Waals surface area contributed by atoms with Crippen molar-refractivity contribution in [1.29, 1.82) is 0 Å². The molecule has 0 spiro atoms. The van der Waals surface area contributed by atoms with Crippen LogP contribution in [0.2, 0.25) is 0 Å². The predicted octanol–water partition coefficient (Wildman–Crippen LogP) is 3.18. The van der Waals surface area contributed by atoms with Crippen LogP contribution in [0.1, 0.15) is 33.6 Å². The summed E-state index contributed by atoms with van der Waals surface area (Å²) in [5, 5.41) is 0. The van der Waals surface area contributed by atoms with Crippen molar-refractivity contribution in [3.63, 3.8) is 0 Å². The molecule has 12 heavy (non-hydrogen) atoms. The average molecular weight is 170 g/mol. The summed E-state index contributed by atoms with van der Waals surface area (Å²) >= 11 is 0. The molecule has 0 unspecified atom stereocenters. The number of ketones is 1. The van der Waals surface area contributed by atoms with Gasteiger partial charge in [-0.05, 0) is 25.0 Å². The first-order valence-electron chi connectivity index (χ1n) is 4.26. The molecule has 0 saturated heterocycles. The SMILES string of the molecule is CC.CC(=O)C1=CC=C(F)CC1. The van der Waals surface area contributed by atoms with Crippen molar-refractivity contribution in [2.75, 3.05) is 0 Å². The van der Waals surface area contributed by atoms with Gasteiger partial charge in [0, 0.05) is 6.42 Å². The van der Waals surface area contributed by atoms with Gasteiger partial charge in [-0.25, -0.2) is 4.39 Å². The van der Waals surface area contributed by atoms with Gasteiger partial charge in [0.2, 0.25) is 0 Å². The molecule has 1 aliphatic carbocycles. The molecule has 0 fully saturated rings. The van der Waals surface area contributed by atoms with Crippen LogP contribution >= 0.6 is 0 Å². The monoisotopic (exact) mass is 170 g/mol. The first kappa shape index (κ1) is 11.1. The third-order valence-electron chi connectivity index (χ3n) is 1.55. The fraction of sp³-hybridized carbons (Fsp3) is 0.500. The van der Waals surface area contributed by atoms with Gasteiger partial charge in [0.1, 0.15) is 5.83 Å². The topological polar surface area (TPSA) is 17.1 Å². The van der Waals surface area contributed by atoms with E-state index in [1.165, 1.54) is 13.0 Å². The second-order valence-electron chi connectivity index (χ2n) is 2.36. The largest absolute Gasteiger partial charge is 0.295 e. The average Bonchev–Trinajstić information content (AvgIpc) is 2.09. The summed E-state index contributed by atoms with van der Waals surface area (Å²) in [5.41, 5.74) is 0.724. The summed E-state index contributed by atoms with van der Waals surface area (Å²) in [5.74, 6) is -0.0891. The van der Waals surface area contributed by atoms with E-state index in [-0.39, 0.29) is 11.6 Å². The van der Waals surface area contributed by atoms with Gasteiger partial charge in [-0.2, -0.15) is 0 Å². The highest BCUT2D eigenvalue weighted by Crippen LogP contribution is 2.18. The van der Waals surface area contributed by atoms with Crippen molar-refractivity contribution in [3.05, 3.63) is 23.6 Å². The lowest BCUT2D eigenvalue weighted by Gasteiger charge is -2.05. The van der Waals surface area contributed by atoms with Gasteiger partial charge >= 0.3 is 0 Å². The maximum Gasteiger partial charge on any atom is 0.155 e. The molecule has 0 bridgehead atoms. The molecule has 0 amide bonds. The van der Waals surface area contributed by atoms with E-state index in [1.807, 2.05) is 13.8 Å². The third kappa shape index (κ3) is 3.46. The fourth-order valence-electron chi connectivity index (χ4n) is 0.905. The minimum Gasteiger partial charge on any atom is -0.295 e. The molecule has 2 heteroatoms. The minimum atomic E-state index is -0.134. The molecule has 0 N–H and O–H groups in total. The number of hydrogen-bond donors (Lipinski definition) is 0. The molecule has 1 rings (SSSR count). The van der Waals surface area contributed by atoms with Gasteiger partial charge < -0.3 is 0 Å². The van der Waals surface area contributed by atoms with Crippen molar-refractivity contribution in [2.45, 2.75) is 33.6 Å². The van der Waals surface area contributed by atoms with Crippen LogP contribution in [-0.4, -0.2) is 5.78 Å². The molecule has 1 nitrogen and oxygen atoms in total. The van der Waals surface area contributed by atoms with Crippen LogP contribution in [0.4, 0.5) is 4.39 Å². The number of halogens is 1. The lowest BCUT2D eigenvalue weighted by molar-refractivity contribution is -0.113. The molecule has 0 radical (unpaired) electrons. The Bertz CT molecular complexity index is 214. The zero-order valence-electron chi connectivity index (χ0n) is 7.86. The van der Waals surface area contributed by atoms with Gasteiger partial charge in [-0.3, -0.25) is 4.79 Å². The van der Waals surface area contributed by atoms with Crippen molar-refractivity contribution in [1.82, 2.24) is 0 Å². The first-order chi connectivity index (χ1) is 5.70. The van der Waals surface area contributed by atoms with E-state index in [0.29, 0.717) is 12.8 Å². The smallest absolute Gasteiger partial charge is 0.155 e. The lowest BCUT2D eigenvalue weighted by atomic mass is 10.0. The van der Waals surface area contributed by atoms with E-state index in [0.717, 1.165) is 5.57 Å². The normalized spacial score (nSPS) is 15.3. The number of Topliss-reactive ketones (excluding diaryl/α,β-unsaturated/α-hetero) is 1. The van der Waals surface area contributed by atoms with Crippen LogP contribution < -0.4 is 0 Å². The molecule has 0 aliphatic heterocycles. The van der Waals surface area contributed by atoms with E-state index in [9.17, 15) is 9.18 Å². The number of allylic oxidation sites excluding steroid dienone is 4. The maximum atomic E-state index is 12.3. The third-order valence-corrected chi connectivity index (χ3v) is 1.55. The minimum absolute atomic E-state index is 0.0451. The van der Waals surface area contributed by atoms with Crippen LogP contribution in [0.15, 0.2) is 23.6 Å². The van der Waals surface area contributed by atoms with Crippen LogP contribution in [0.5, 0.6) is 0 Å². The Hall–Kier alpha value is -0.920. The predicted molar refractivity (Wildman–Crippen MR) is 48.5 cm³/mol. The maximum absolute atomic E-state index is 12.3. The second kappa shape index (κ2) is 5.70. The second-order valence-corrected chi connectivity index (χ2v) is 2.36. The van der Waals surface area contributed by atoms with E-state index >= 15 is 0 Å². The van der Waals surface area contributed by atoms with Gasteiger partial charge in [0.05, 0.1) is 0 Å². The molecule has 0 heterocycles. The van der Waals surface area contributed by atoms with Gasteiger partial charge in [-0.15, -0.1) is 0 Å². The van der Waals surface area contributed by atoms with E-state index in [4.69, 9.17) is 0 Å². The molecule has 1 aliphatic rings. The zero-order valence-corrected chi connectivity index (χ0v) is 7.86. The highest BCUT2D eigenvalue weighted by Gasteiger charge is 2.08. The first-order valence-corrected chi connectivity index (χ1v) is 4.26.